The summed E-state index contributed by atoms with van der Waals surface area (Å²) >= 11 is 0. The zero-order chi connectivity index (χ0) is 19.0. The first-order valence-electron chi connectivity index (χ1n) is 11.3. The van der Waals surface area contributed by atoms with E-state index in [2.05, 4.69) is 15.1 Å². The van der Waals surface area contributed by atoms with Crippen LogP contribution in [0.3, 0.4) is 0 Å². The van der Waals surface area contributed by atoms with Crippen molar-refractivity contribution in [3.63, 3.8) is 0 Å². The number of nitrogens with one attached hydrogen (secondary N) is 1. The van der Waals surface area contributed by atoms with Crippen LogP contribution in [-0.2, 0) is 11.2 Å². The minimum atomic E-state index is 0. The fraction of sp³-hybridized carbons (Fsp3) is 0.773. The molecular weight excluding hydrogens is 479 g/mol. The number of ether oxygens (including phenoxy) is 1. The molecular formula is C22H37IN4O2. The quantitative estimate of drug-likeness (QED) is 0.357. The number of rotatable bonds is 6. The van der Waals surface area contributed by atoms with Gasteiger partial charge < -0.3 is 19.4 Å². The Morgan fingerprint density at radius 3 is 2.62 bits per heavy atom. The second-order valence-electron chi connectivity index (χ2n) is 8.46. The number of hydrogen-bond donors (Lipinski definition) is 1. The van der Waals surface area contributed by atoms with Gasteiger partial charge in [-0.2, -0.15) is 0 Å². The van der Waals surface area contributed by atoms with Gasteiger partial charge in [-0.1, -0.05) is 19.3 Å². The van der Waals surface area contributed by atoms with Gasteiger partial charge in [0.15, 0.2) is 5.96 Å². The van der Waals surface area contributed by atoms with Crippen LogP contribution in [0.15, 0.2) is 27.8 Å². The van der Waals surface area contributed by atoms with Crippen LogP contribution in [-0.4, -0.2) is 74.3 Å². The van der Waals surface area contributed by atoms with Gasteiger partial charge in [-0.25, -0.2) is 0 Å². The van der Waals surface area contributed by atoms with E-state index in [9.17, 15) is 0 Å². The maximum absolute atomic E-state index is 5.52. The predicted molar refractivity (Wildman–Crippen MR) is 127 cm³/mol. The Morgan fingerprint density at radius 2 is 1.93 bits per heavy atom. The van der Waals surface area contributed by atoms with E-state index >= 15 is 0 Å². The van der Waals surface area contributed by atoms with E-state index in [1.807, 2.05) is 12.1 Å². The van der Waals surface area contributed by atoms with Crippen molar-refractivity contribution in [3.8, 4) is 0 Å². The summed E-state index contributed by atoms with van der Waals surface area (Å²) in [6.07, 6.45) is 10.8. The molecule has 3 heterocycles. The van der Waals surface area contributed by atoms with Crippen molar-refractivity contribution in [1.29, 1.82) is 0 Å². The highest BCUT2D eigenvalue weighted by atomic mass is 127. The van der Waals surface area contributed by atoms with Crippen LogP contribution in [0.2, 0.25) is 0 Å². The molecule has 3 aliphatic rings. The minimum Gasteiger partial charge on any atom is -0.469 e. The molecule has 0 amide bonds. The van der Waals surface area contributed by atoms with Crippen molar-refractivity contribution in [2.45, 2.75) is 51.0 Å². The number of hydrogen-bond acceptors (Lipinski definition) is 4. The Hall–Kier alpha value is -0.800. The average Bonchev–Trinajstić information content (AvgIpc) is 3.46. The van der Waals surface area contributed by atoms with Crippen molar-refractivity contribution in [3.05, 3.63) is 24.2 Å². The molecule has 0 radical (unpaired) electrons. The number of guanidine groups is 1. The van der Waals surface area contributed by atoms with Gasteiger partial charge in [-0.15, -0.1) is 24.0 Å². The second kappa shape index (κ2) is 12.2. The van der Waals surface area contributed by atoms with Gasteiger partial charge >= 0.3 is 0 Å². The first-order valence-corrected chi connectivity index (χ1v) is 11.3. The third-order valence-electron chi connectivity index (χ3n) is 6.46. The number of furan rings is 1. The maximum Gasteiger partial charge on any atom is 0.194 e. The van der Waals surface area contributed by atoms with Crippen molar-refractivity contribution >= 4 is 29.9 Å². The number of halogens is 1. The predicted octanol–water partition coefficient (Wildman–Crippen LogP) is 3.37. The molecule has 2 saturated heterocycles. The zero-order valence-electron chi connectivity index (χ0n) is 17.6. The molecule has 1 aromatic rings. The third-order valence-corrected chi connectivity index (χ3v) is 6.46. The van der Waals surface area contributed by atoms with Crippen LogP contribution >= 0.6 is 24.0 Å². The summed E-state index contributed by atoms with van der Waals surface area (Å²) in [5.41, 5.74) is 0. The first kappa shape index (κ1) is 22.9. The lowest BCUT2D eigenvalue weighted by atomic mass is 9.94. The van der Waals surface area contributed by atoms with Crippen molar-refractivity contribution in [1.82, 2.24) is 15.1 Å². The highest BCUT2D eigenvalue weighted by molar-refractivity contribution is 14.0. The Balaban J connectivity index is 0.00000240. The van der Waals surface area contributed by atoms with Gasteiger partial charge in [-0.05, 0) is 31.4 Å². The summed E-state index contributed by atoms with van der Waals surface area (Å²) < 4.78 is 11.0. The van der Waals surface area contributed by atoms with Gasteiger partial charge in [0.2, 0.25) is 0 Å². The molecule has 1 aromatic heterocycles. The van der Waals surface area contributed by atoms with E-state index in [0.717, 1.165) is 83.1 Å². The topological polar surface area (TPSA) is 53.2 Å². The van der Waals surface area contributed by atoms with E-state index < -0.39 is 0 Å². The molecule has 1 unspecified atom stereocenters. The summed E-state index contributed by atoms with van der Waals surface area (Å²) in [5.74, 6) is 2.67. The van der Waals surface area contributed by atoms with E-state index in [1.54, 1.807) is 6.26 Å². The van der Waals surface area contributed by atoms with Crippen LogP contribution < -0.4 is 5.32 Å². The standard InChI is InChI=1S/C22H36N4O2.HI/c1-2-5-20(6-3-1)25-11-13-26(14-12-25)22(24-17-19-9-16-27-18-19)23-10-8-21-7-4-15-28-21;/h4,7,15,19-20H,1-3,5-6,8-14,16-18H2,(H,23,24);1H. The van der Waals surface area contributed by atoms with Crippen molar-refractivity contribution in [2.24, 2.45) is 10.9 Å². The molecule has 2 aliphatic heterocycles. The lowest BCUT2D eigenvalue weighted by molar-refractivity contribution is 0.106. The first-order chi connectivity index (χ1) is 13.9. The largest absolute Gasteiger partial charge is 0.469 e. The zero-order valence-corrected chi connectivity index (χ0v) is 19.9. The third kappa shape index (κ3) is 6.85. The Kier molecular flexibility index (Phi) is 9.58. The monoisotopic (exact) mass is 516 g/mol. The molecule has 3 fully saturated rings. The fourth-order valence-corrected chi connectivity index (χ4v) is 4.71. The fourth-order valence-electron chi connectivity index (χ4n) is 4.71. The van der Waals surface area contributed by atoms with Gasteiger partial charge in [-0.3, -0.25) is 9.89 Å². The number of aliphatic imine (C=N–C) groups is 1. The van der Waals surface area contributed by atoms with Crippen LogP contribution in [0.1, 0.15) is 44.3 Å². The molecule has 29 heavy (non-hydrogen) atoms. The molecule has 0 aromatic carbocycles. The van der Waals surface area contributed by atoms with Gasteiger partial charge in [0.1, 0.15) is 5.76 Å². The van der Waals surface area contributed by atoms with Crippen LogP contribution in [0, 0.1) is 5.92 Å². The molecule has 7 heteroatoms. The second-order valence-corrected chi connectivity index (χ2v) is 8.46. The highest BCUT2D eigenvalue weighted by Gasteiger charge is 2.26. The van der Waals surface area contributed by atoms with Crippen molar-refractivity contribution < 1.29 is 9.15 Å². The summed E-state index contributed by atoms with van der Waals surface area (Å²) in [4.78, 5) is 10.2. The van der Waals surface area contributed by atoms with E-state index in [0.29, 0.717) is 5.92 Å². The molecule has 1 saturated carbocycles. The minimum absolute atomic E-state index is 0. The number of nitrogens with zero attached hydrogens (tertiary/aromatic N) is 3. The number of piperazine rings is 1. The molecule has 4 rings (SSSR count). The Labute approximate surface area is 192 Å². The molecule has 0 bridgehead atoms. The molecule has 1 atom stereocenters. The summed E-state index contributed by atoms with van der Waals surface area (Å²) in [6.45, 7) is 7.95. The SMILES string of the molecule is I.c1coc(CCNC(=NCC2CCOC2)N2CCN(C3CCCCC3)CC2)c1. The average molecular weight is 516 g/mol. The van der Waals surface area contributed by atoms with Crippen LogP contribution in [0.4, 0.5) is 0 Å². The summed E-state index contributed by atoms with van der Waals surface area (Å²) in [7, 11) is 0. The van der Waals surface area contributed by atoms with Gasteiger partial charge in [0, 0.05) is 64.3 Å². The lowest BCUT2D eigenvalue weighted by Crippen LogP contribution is -2.55. The smallest absolute Gasteiger partial charge is 0.194 e. The Bertz CT molecular complexity index is 590. The van der Waals surface area contributed by atoms with E-state index in [1.165, 1.54) is 32.1 Å². The lowest BCUT2D eigenvalue weighted by Gasteiger charge is -2.41. The van der Waals surface area contributed by atoms with E-state index in [-0.39, 0.29) is 24.0 Å². The van der Waals surface area contributed by atoms with Gasteiger partial charge in [0.05, 0.1) is 12.9 Å². The van der Waals surface area contributed by atoms with Crippen LogP contribution in [0.5, 0.6) is 0 Å². The summed E-state index contributed by atoms with van der Waals surface area (Å²) in [5, 5.41) is 3.60. The van der Waals surface area contributed by atoms with Crippen LogP contribution in [0.25, 0.3) is 0 Å². The molecule has 0 spiro atoms. The normalized spacial score (nSPS) is 24.5. The van der Waals surface area contributed by atoms with Crippen molar-refractivity contribution in [2.75, 3.05) is 52.5 Å². The van der Waals surface area contributed by atoms with E-state index in [4.69, 9.17) is 14.1 Å². The molecule has 1 N–H and O–H groups in total. The molecule has 164 valence electrons. The highest BCUT2D eigenvalue weighted by Crippen LogP contribution is 2.23. The molecule has 6 nitrogen and oxygen atoms in total. The summed E-state index contributed by atoms with van der Waals surface area (Å²) in [6, 6.07) is 4.81. The Morgan fingerprint density at radius 1 is 1.10 bits per heavy atom. The van der Waals surface area contributed by atoms with Gasteiger partial charge in [0.25, 0.3) is 0 Å². The maximum atomic E-state index is 5.52. The molecule has 1 aliphatic carbocycles.